The van der Waals surface area contributed by atoms with Gasteiger partial charge in [0, 0.05) is 0 Å². The summed E-state index contributed by atoms with van der Waals surface area (Å²) >= 11 is 0. The van der Waals surface area contributed by atoms with E-state index < -0.39 is 30.9 Å². The van der Waals surface area contributed by atoms with E-state index >= 15 is 0 Å². The van der Waals surface area contributed by atoms with Gasteiger partial charge in [0.1, 0.15) is 2.74 Å². The van der Waals surface area contributed by atoms with Gasteiger partial charge in [0.25, 0.3) is 0 Å². The molecule has 0 unspecified atom stereocenters. The number of ether oxygens (including phenoxy) is 2. The molecule has 0 bridgehead atoms. The Morgan fingerprint density at radius 2 is 1.31 bits per heavy atom. The second-order valence-corrected chi connectivity index (χ2v) is 1.39. The van der Waals surface area contributed by atoms with Gasteiger partial charge in [-0.25, -0.2) is 0 Å². The molecule has 0 aliphatic heterocycles. The molecule has 0 N–H and O–H groups in total. The highest BCUT2D eigenvalue weighted by Crippen LogP contribution is 2.20. The topological polar surface area (TPSA) is 18.5 Å². The van der Waals surface area contributed by atoms with Gasteiger partial charge in [-0.3, -0.25) is 0 Å². The van der Waals surface area contributed by atoms with Crippen molar-refractivity contribution in [1.29, 1.82) is 0 Å². The Hall–Kier alpha value is -1.34. The zero-order valence-corrected chi connectivity index (χ0v) is 5.58. The molecule has 0 rings (SSSR count). The second kappa shape index (κ2) is 4.63. The first-order valence-electron chi connectivity index (χ1n) is 3.45. The standard InChI is InChI=1S/C5H2F6O2/c6-3(7)1-12-5(10,11)13-2-4(8)9/h1-2H/i1D,2D. The number of hydrogen-bond donors (Lipinski definition) is 0. The van der Waals surface area contributed by atoms with E-state index in [1.54, 1.807) is 0 Å². The van der Waals surface area contributed by atoms with Crippen LogP contribution in [0.4, 0.5) is 26.3 Å². The summed E-state index contributed by atoms with van der Waals surface area (Å²) in [6.45, 7) is 0. The van der Waals surface area contributed by atoms with Gasteiger partial charge in [0.2, 0.25) is 0 Å². The van der Waals surface area contributed by atoms with Crippen LogP contribution < -0.4 is 0 Å². The van der Waals surface area contributed by atoms with Crippen LogP contribution >= 0.6 is 0 Å². The molecule has 0 aliphatic rings. The highest BCUT2D eigenvalue weighted by atomic mass is 19.3. The van der Waals surface area contributed by atoms with Crippen molar-refractivity contribution in [1.82, 2.24) is 0 Å². The predicted octanol–water partition coefficient (Wildman–Crippen LogP) is 3.05. The molecule has 0 radical (unpaired) electrons. The van der Waals surface area contributed by atoms with Crippen LogP contribution in [0.5, 0.6) is 0 Å². The fourth-order valence-corrected chi connectivity index (χ4v) is 0.217. The fraction of sp³-hybridized carbons (Fsp3) is 0.200. The fourth-order valence-electron chi connectivity index (χ4n) is 0.217. The minimum atomic E-state index is -4.94. The quantitative estimate of drug-likeness (QED) is 0.403. The van der Waals surface area contributed by atoms with Crippen molar-refractivity contribution in [3.05, 3.63) is 24.6 Å². The maximum atomic E-state index is 12.2. The predicted molar refractivity (Wildman–Crippen MR) is 27.7 cm³/mol. The molecule has 0 aromatic rings. The van der Waals surface area contributed by atoms with Gasteiger partial charge in [0.05, 0.1) is 0 Å². The van der Waals surface area contributed by atoms with E-state index in [1.165, 1.54) is 0 Å². The van der Waals surface area contributed by atoms with E-state index in [9.17, 15) is 26.3 Å². The maximum Gasteiger partial charge on any atom is 0.585 e. The number of halogens is 6. The molecule has 0 aromatic carbocycles. The molecule has 0 aliphatic carbocycles. The first-order valence-corrected chi connectivity index (χ1v) is 2.45. The summed E-state index contributed by atoms with van der Waals surface area (Å²) in [7, 11) is 0. The summed E-state index contributed by atoms with van der Waals surface area (Å²) in [4.78, 5) is 0. The molecule has 0 amide bonds. The van der Waals surface area contributed by atoms with E-state index in [-0.39, 0.29) is 0 Å². The molecule has 0 spiro atoms. The number of hydrogen-bond acceptors (Lipinski definition) is 2. The Kier molecular flexibility index (Phi) is 2.94. The monoisotopic (exact) mass is 210 g/mol. The summed E-state index contributed by atoms with van der Waals surface area (Å²) in [5, 5.41) is 0. The average Bonchev–Trinajstić information content (AvgIpc) is 2.01. The van der Waals surface area contributed by atoms with E-state index in [0.29, 0.717) is 0 Å². The lowest BCUT2D eigenvalue weighted by atomic mass is 11.0. The molecule has 0 saturated carbocycles. The van der Waals surface area contributed by atoms with Crippen LogP contribution in [-0.4, -0.2) is 6.29 Å². The highest BCUT2D eigenvalue weighted by molar-refractivity contribution is 4.73. The SMILES string of the molecule is [2H]C(OC(F)(F)OC([2H])=C(F)F)=C(F)F. The molecular formula is C5H2F6O2. The van der Waals surface area contributed by atoms with E-state index in [0.717, 1.165) is 0 Å². The first kappa shape index (κ1) is 8.27. The van der Waals surface area contributed by atoms with Crippen LogP contribution in [0.25, 0.3) is 0 Å². The zero-order chi connectivity index (χ0) is 12.2. The van der Waals surface area contributed by atoms with E-state index in [4.69, 9.17) is 2.74 Å². The van der Waals surface area contributed by atoms with E-state index in [1.807, 2.05) is 0 Å². The second-order valence-electron chi connectivity index (χ2n) is 1.39. The summed E-state index contributed by atoms with van der Waals surface area (Å²) in [5.74, 6) is 0. The average molecular weight is 210 g/mol. The Balaban J connectivity index is 4.59. The molecule has 0 aromatic heterocycles. The van der Waals surface area contributed by atoms with Crippen molar-refractivity contribution in [2.75, 3.05) is 0 Å². The molecule has 76 valence electrons. The van der Waals surface area contributed by atoms with Gasteiger partial charge < -0.3 is 9.47 Å². The van der Waals surface area contributed by atoms with E-state index in [2.05, 4.69) is 9.47 Å². The lowest BCUT2D eigenvalue weighted by molar-refractivity contribution is -0.352. The Morgan fingerprint density at radius 3 is 1.54 bits per heavy atom. The largest absolute Gasteiger partial charge is 0.585 e. The number of alkyl halides is 2. The van der Waals surface area contributed by atoms with Crippen molar-refractivity contribution in [2.24, 2.45) is 0 Å². The summed E-state index contributed by atoms with van der Waals surface area (Å²) in [6.07, 6.45) is -15.2. The number of rotatable bonds is 4. The van der Waals surface area contributed by atoms with Crippen molar-refractivity contribution >= 4 is 0 Å². The van der Waals surface area contributed by atoms with Crippen molar-refractivity contribution in [3.8, 4) is 0 Å². The molecule has 0 heterocycles. The van der Waals surface area contributed by atoms with Crippen LogP contribution in [0.1, 0.15) is 2.74 Å². The summed E-state index contributed by atoms with van der Waals surface area (Å²) in [5.41, 5.74) is 0. The van der Waals surface area contributed by atoms with Gasteiger partial charge in [-0.2, -0.15) is 17.6 Å². The van der Waals surface area contributed by atoms with Gasteiger partial charge in [0.15, 0.2) is 12.5 Å². The lowest BCUT2D eigenvalue weighted by Crippen LogP contribution is -2.19. The third kappa shape index (κ3) is 7.04. The molecule has 2 nitrogen and oxygen atoms in total. The van der Waals surface area contributed by atoms with Crippen molar-refractivity contribution in [3.63, 3.8) is 0 Å². The van der Waals surface area contributed by atoms with Gasteiger partial charge in [-0.15, -0.1) is 8.78 Å². The molecular weight excluding hydrogens is 206 g/mol. The van der Waals surface area contributed by atoms with Gasteiger partial charge in [-0.05, 0) is 0 Å². The minimum absolute atomic E-state index is 2.24. The molecule has 0 fully saturated rings. The van der Waals surface area contributed by atoms with Gasteiger partial charge in [-0.1, -0.05) is 0 Å². The summed E-state index contributed by atoms with van der Waals surface area (Å²) < 4.78 is 88.1. The Bertz CT molecular complexity index is 266. The van der Waals surface area contributed by atoms with Crippen LogP contribution in [0.15, 0.2) is 24.6 Å². The third-order valence-electron chi connectivity index (χ3n) is 0.494. The summed E-state index contributed by atoms with van der Waals surface area (Å²) in [6, 6.07) is 0. The van der Waals surface area contributed by atoms with Gasteiger partial charge >= 0.3 is 18.5 Å². The van der Waals surface area contributed by atoms with Crippen LogP contribution in [0.3, 0.4) is 0 Å². The Morgan fingerprint density at radius 1 is 1.00 bits per heavy atom. The normalized spacial score (nSPS) is 12.5. The van der Waals surface area contributed by atoms with Crippen LogP contribution in [0.2, 0.25) is 0 Å². The molecule has 0 atom stereocenters. The van der Waals surface area contributed by atoms with Crippen LogP contribution in [-0.2, 0) is 9.47 Å². The smallest absolute Gasteiger partial charge is 0.402 e. The lowest BCUT2D eigenvalue weighted by Gasteiger charge is -2.11. The zero-order valence-electron chi connectivity index (χ0n) is 7.58. The molecule has 8 heteroatoms. The third-order valence-corrected chi connectivity index (χ3v) is 0.494. The van der Waals surface area contributed by atoms with Crippen molar-refractivity contribution < 1.29 is 38.6 Å². The minimum Gasteiger partial charge on any atom is -0.402 e. The van der Waals surface area contributed by atoms with Crippen molar-refractivity contribution in [2.45, 2.75) is 6.29 Å². The van der Waals surface area contributed by atoms with Crippen LogP contribution in [0, 0.1) is 0 Å². The first-order chi connectivity index (χ1) is 6.65. The molecule has 0 saturated heterocycles. The maximum absolute atomic E-state index is 12.2. The Labute approximate surface area is 70.9 Å². The highest BCUT2D eigenvalue weighted by Gasteiger charge is 2.33. The molecule has 13 heavy (non-hydrogen) atoms.